The lowest BCUT2D eigenvalue weighted by molar-refractivity contribution is 0.158. The minimum Gasteiger partial charge on any atom is -0.380 e. The maximum absolute atomic E-state index is 8.02. The summed E-state index contributed by atoms with van der Waals surface area (Å²) in [5.74, 6) is 0.886. The summed E-state index contributed by atoms with van der Waals surface area (Å²) in [6, 6.07) is 5.83. The smallest absolute Gasteiger partial charge is 0.106 e. The zero-order chi connectivity index (χ0) is 11.5. The maximum Gasteiger partial charge on any atom is 0.106 e. The third kappa shape index (κ3) is 6.58. The average Bonchev–Trinajstić information content (AvgIpc) is 2.34. The van der Waals surface area contributed by atoms with E-state index < -0.39 is 0 Å². The highest BCUT2D eigenvalue weighted by atomic mass is 33.1. The molecule has 1 aromatic rings. The van der Waals surface area contributed by atoms with Gasteiger partial charge in [0.2, 0.25) is 0 Å². The van der Waals surface area contributed by atoms with Crippen molar-refractivity contribution in [2.75, 3.05) is 25.5 Å². The summed E-state index contributed by atoms with van der Waals surface area (Å²) in [6.07, 6.45) is 1.78. The first kappa shape index (κ1) is 13.2. The molecule has 0 atom stereocenters. The number of hydrogen-bond acceptors (Lipinski definition) is 5. The van der Waals surface area contributed by atoms with Gasteiger partial charge < -0.3 is 4.74 Å². The molecule has 0 N–H and O–H groups in total. The Bertz CT molecular complexity index is 330. The van der Waals surface area contributed by atoms with Crippen LogP contribution in [0.3, 0.4) is 0 Å². The number of aromatic nitrogens is 1. The third-order valence-corrected chi connectivity index (χ3v) is 3.72. The minimum absolute atomic E-state index is 0.397. The average molecular weight is 256 g/mol. The van der Waals surface area contributed by atoms with Crippen molar-refractivity contribution < 1.29 is 4.74 Å². The lowest BCUT2D eigenvalue weighted by atomic mass is 10.5. The van der Waals surface area contributed by atoms with Crippen LogP contribution in [0.5, 0.6) is 0 Å². The van der Waals surface area contributed by atoms with Gasteiger partial charge in [-0.15, -0.1) is 0 Å². The number of ether oxygens (including phenoxy) is 1. The van der Waals surface area contributed by atoms with Gasteiger partial charge >= 0.3 is 0 Å². The summed E-state index contributed by atoms with van der Waals surface area (Å²) in [6.45, 7) is 1.54. The molecule has 1 aromatic heterocycles. The molecule has 0 aliphatic rings. The Morgan fingerprint density at radius 3 is 3.12 bits per heavy atom. The second kappa shape index (κ2) is 9.35. The lowest BCUT2D eigenvalue weighted by Gasteiger charge is -2.01. The first-order valence-electron chi connectivity index (χ1n) is 4.72. The van der Waals surface area contributed by atoms with E-state index in [9.17, 15) is 0 Å². The molecule has 5 nitrogen and oxygen atoms in total. The Kier molecular flexibility index (Phi) is 7.71. The molecule has 0 radical (unpaired) electrons. The standard InChI is InChI=1S/C9H12N4OS2/c10-13-12-5-6-14-7-8-15-16-9-3-1-2-4-11-9/h1-4H,5-8H2. The minimum atomic E-state index is 0.397. The molecule has 0 amide bonds. The fourth-order valence-corrected chi connectivity index (χ4v) is 2.58. The molecule has 0 unspecified atom stereocenters. The van der Waals surface area contributed by atoms with Crippen LogP contribution in [0.2, 0.25) is 0 Å². The summed E-state index contributed by atoms with van der Waals surface area (Å²) in [7, 11) is 3.33. The number of nitrogens with zero attached hydrogens (tertiary/aromatic N) is 4. The van der Waals surface area contributed by atoms with Gasteiger partial charge in [-0.05, 0) is 28.5 Å². The summed E-state index contributed by atoms with van der Waals surface area (Å²) < 4.78 is 5.25. The molecule has 0 aromatic carbocycles. The molecular formula is C9H12N4OS2. The zero-order valence-electron chi connectivity index (χ0n) is 8.65. The van der Waals surface area contributed by atoms with Crippen LogP contribution in [0.15, 0.2) is 34.5 Å². The molecule has 0 saturated carbocycles. The topological polar surface area (TPSA) is 70.9 Å². The van der Waals surface area contributed by atoms with Gasteiger partial charge in [-0.25, -0.2) is 4.98 Å². The molecular weight excluding hydrogens is 244 g/mol. The zero-order valence-corrected chi connectivity index (χ0v) is 10.3. The van der Waals surface area contributed by atoms with E-state index in [-0.39, 0.29) is 0 Å². The van der Waals surface area contributed by atoms with E-state index in [0.717, 1.165) is 10.8 Å². The van der Waals surface area contributed by atoms with Crippen LogP contribution >= 0.6 is 21.6 Å². The molecule has 1 heterocycles. The summed E-state index contributed by atoms with van der Waals surface area (Å²) >= 11 is 0. The summed E-state index contributed by atoms with van der Waals surface area (Å²) in [4.78, 5) is 6.82. The van der Waals surface area contributed by atoms with Gasteiger partial charge in [0, 0.05) is 23.4 Å². The summed E-state index contributed by atoms with van der Waals surface area (Å²) in [5.41, 5.74) is 8.02. The SMILES string of the molecule is [N-]=[N+]=NCCOCCSSc1ccccn1. The van der Waals surface area contributed by atoms with Crippen LogP contribution in [0.4, 0.5) is 0 Å². The quantitative estimate of drug-likeness (QED) is 0.235. The van der Waals surface area contributed by atoms with Crippen molar-refractivity contribution in [2.45, 2.75) is 5.03 Å². The monoisotopic (exact) mass is 256 g/mol. The molecule has 0 aliphatic carbocycles. The van der Waals surface area contributed by atoms with Crippen LogP contribution in [0.25, 0.3) is 10.4 Å². The second-order valence-corrected chi connectivity index (χ2v) is 5.08. The van der Waals surface area contributed by atoms with Gasteiger partial charge in [0.05, 0.1) is 13.2 Å². The molecule has 86 valence electrons. The van der Waals surface area contributed by atoms with Gasteiger partial charge in [-0.2, -0.15) is 0 Å². The van der Waals surface area contributed by atoms with Crippen LogP contribution in [0.1, 0.15) is 0 Å². The first-order chi connectivity index (χ1) is 7.93. The van der Waals surface area contributed by atoms with Crippen molar-refractivity contribution in [1.29, 1.82) is 0 Å². The van der Waals surface area contributed by atoms with Crippen LogP contribution in [0, 0.1) is 0 Å². The van der Waals surface area contributed by atoms with Crippen molar-refractivity contribution in [3.63, 3.8) is 0 Å². The highest BCUT2D eigenvalue weighted by Gasteiger charge is 1.94. The summed E-state index contributed by atoms with van der Waals surface area (Å²) in [5, 5.41) is 4.37. The number of azide groups is 1. The van der Waals surface area contributed by atoms with E-state index in [1.165, 1.54) is 0 Å². The molecule has 1 rings (SSSR count). The molecule has 0 saturated heterocycles. The number of pyridine rings is 1. The van der Waals surface area contributed by atoms with Gasteiger partial charge in [0.25, 0.3) is 0 Å². The van der Waals surface area contributed by atoms with Crippen molar-refractivity contribution in [3.8, 4) is 0 Å². The van der Waals surface area contributed by atoms with E-state index in [0.29, 0.717) is 19.8 Å². The fraction of sp³-hybridized carbons (Fsp3) is 0.444. The molecule has 0 aliphatic heterocycles. The van der Waals surface area contributed by atoms with E-state index in [1.54, 1.807) is 27.8 Å². The largest absolute Gasteiger partial charge is 0.380 e. The van der Waals surface area contributed by atoms with E-state index in [1.807, 2.05) is 18.2 Å². The van der Waals surface area contributed by atoms with Gasteiger partial charge in [-0.1, -0.05) is 22.0 Å². The van der Waals surface area contributed by atoms with Crippen molar-refractivity contribution in [2.24, 2.45) is 5.11 Å². The van der Waals surface area contributed by atoms with Gasteiger partial charge in [0.1, 0.15) is 5.03 Å². The Morgan fingerprint density at radius 2 is 2.38 bits per heavy atom. The van der Waals surface area contributed by atoms with Crippen molar-refractivity contribution in [1.82, 2.24) is 4.98 Å². The van der Waals surface area contributed by atoms with E-state index in [4.69, 9.17) is 10.3 Å². The van der Waals surface area contributed by atoms with Gasteiger partial charge in [-0.3, -0.25) is 0 Å². The Labute approximate surface area is 102 Å². The van der Waals surface area contributed by atoms with Crippen molar-refractivity contribution >= 4 is 21.6 Å². The first-order valence-corrected chi connectivity index (χ1v) is 7.04. The normalized spacial score (nSPS) is 9.75. The van der Waals surface area contributed by atoms with Crippen molar-refractivity contribution in [3.05, 3.63) is 34.8 Å². The fourth-order valence-electron chi connectivity index (χ4n) is 0.844. The lowest BCUT2D eigenvalue weighted by Crippen LogP contribution is -2.00. The number of hydrogen-bond donors (Lipinski definition) is 0. The second-order valence-electron chi connectivity index (χ2n) is 2.64. The Hall–Kier alpha value is -0.880. The highest BCUT2D eigenvalue weighted by Crippen LogP contribution is 2.28. The molecule has 0 fully saturated rings. The molecule has 0 bridgehead atoms. The predicted molar refractivity (Wildman–Crippen MR) is 67.4 cm³/mol. The highest BCUT2D eigenvalue weighted by molar-refractivity contribution is 8.76. The van der Waals surface area contributed by atoms with Crippen LogP contribution < -0.4 is 0 Å². The van der Waals surface area contributed by atoms with E-state index >= 15 is 0 Å². The predicted octanol–water partition coefficient (Wildman–Crippen LogP) is 3.15. The Morgan fingerprint density at radius 1 is 1.44 bits per heavy atom. The van der Waals surface area contributed by atoms with E-state index in [2.05, 4.69) is 15.0 Å². The van der Waals surface area contributed by atoms with Gasteiger partial charge in [0.15, 0.2) is 0 Å². The van der Waals surface area contributed by atoms with Crippen LogP contribution in [-0.4, -0.2) is 30.5 Å². The Balaban J connectivity index is 1.94. The number of rotatable bonds is 8. The molecule has 16 heavy (non-hydrogen) atoms. The third-order valence-electron chi connectivity index (χ3n) is 1.49. The molecule has 0 spiro atoms. The van der Waals surface area contributed by atoms with Crippen LogP contribution in [-0.2, 0) is 4.74 Å². The maximum atomic E-state index is 8.02. The molecule has 7 heteroatoms.